The summed E-state index contributed by atoms with van der Waals surface area (Å²) in [5.74, 6) is 0. The van der Waals surface area contributed by atoms with Crippen molar-refractivity contribution in [2.24, 2.45) is 0 Å². The van der Waals surface area contributed by atoms with Gasteiger partial charge in [-0.3, -0.25) is 9.13 Å². The SMILES string of the molecule is CCOC1CCC(N2CCC(n3c(=O)[nH]c4ccc(C)cc43)CC2)CC1.CCOC1CCC(N2CCC(n3c(=O)[nH]c4ccc(C)cc43)CC2)CC1. The first-order valence-electron chi connectivity index (χ1n) is 20.4. The molecule has 4 aliphatic rings. The number of aromatic amines is 2. The zero-order chi connectivity index (χ0) is 36.2. The van der Waals surface area contributed by atoms with E-state index in [1.54, 1.807) is 0 Å². The van der Waals surface area contributed by atoms with Gasteiger partial charge in [-0.2, -0.15) is 0 Å². The van der Waals surface area contributed by atoms with E-state index in [4.69, 9.17) is 9.47 Å². The average molecular weight is 715 g/mol. The van der Waals surface area contributed by atoms with Crippen molar-refractivity contribution in [3.8, 4) is 0 Å². The largest absolute Gasteiger partial charge is 0.379 e. The molecule has 10 nitrogen and oxygen atoms in total. The highest BCUT2D eigenvalue weighted by atomic mass is 16.5. The second kappa shape index (κ2) is 16.9. The summed E-state index contributed by atoms with van der Waals surface area (Å²) in [6.45, 7) is 14.4. The first-order valence-corrected chi connectivity index (χ1v) is 20.4. The van der Waals surface area contributed by atoms with E-state index < -0.39 is 0 Å². The van der Waals surface area contributed by atoms with E-state index in [-0.39, 0.29) is 11.4 Å². The summed E-state index contributed by atoms with van der Waals surface area (Å²) in [6, 6.07) is 14.5. The average Bonchev–Trinajstić information content (AvgIpc) is 3.67. The monoisotopic (exact) mass is 714 g/mol. The van der Waals surface area contributed by atoms with Gasteiger partial charge in [0.2, 0.25) is 0 Å². The summed E-state index contributed by atoms with van der Waals surface area (Å²) in [6.07, 6.45) is 15.0. The van der Waals surface area contributed by atoms with Crippen LogP contribution in [0, 0.1) is 13.8 Å². The summed E-state index contributed by atoms with van der Waals surface area (Å²) in [5.41, 5.74) is 6.52. The number of fused-ring (bicyclic) bond motifs is 2. The molecule has 2 aliphatic heterocycles. The molecule has 2 saturated carbocycles. The summed E-state index contributed by atoms with van der Waals surface area (Å²) >= 11 is 0. The van der Waals surface area contributed by atoms with Crippen LogP contribution in [0.5, 0.6) is 0 Å². The van der Waals surface area contributed by atoms with Gasteiger partial charge in [0.15, 0.2) is 0 Å². The van der Waals surface area contributed by atoms with Crippen LogP contribution in [0.1, 0.15) is 114 Å². The number of likely N-dealkylation sites (tertiary alicyclic amines) is 2. The Hall–Kier alpha value is -3.18. The number of rotatable bonds is 8. The molecule has 0 amide bonds. The minimum Gasteiger partial charge on any atom is -0.379 e. The van der Waals surface area contributed by atoms with Gasteiger partial charge < -0.3 is 29.2 Å². The van der Waals surface area contributed by atoms with E-state index in [1.807, 2.05) is 21.3 Å². The van der Waals surface area contributed by atoms with E-state index in [9.17, 15) is 9.59 Å². The number of nitrogens with one attached hydrogen (secondary N) is 2. The first-order chi connectivity index (χ1) is 25.3. The number of hydrogen-bond acceptors (Lipinski definition) is 6. The molecule has 0 radical (unpaired) electrons. The van der Waals surface area contributed by atoms with Gasteiger partial charge in [-0.15, -0.1) is 0 Å². The third kappa shape index (κ3) is 8.30. The Morgan fingerprint density at radius 2 is 0.904 bits per heavy atom. The van der Waals surface area contributed by atoms with E-state index in [0.29, 0.717) is 36.4 Å². The van der Waals surface area contributed by atoms with Crippen LogP contribution in [0.15, 0.2) is 46.0 Å². The molecular formula is C42H62N6O4. The molecule has 0 atom stereocenters. The molecule has 2 saturated heterocycles. The highest BCUT2D eigenvalue weighted by Gasteiger charge is 2.32. The van der Waals surface area contributed by atoms with Crippen molar-refractivity contribution in [1.29, 1.82) is 0 Å². The van der Waals surface area contributed by atoms with Crippen LogP contribution in [-0.2, 0) is 9.47 Å². The Bertz CT molecular complexity index is 1720. The molecule has 52 heavy (non-hydrogen) atoms. The fourth-order valence-corrected chi connectivity index (χ4v) is 9.83. The van der Waals surface area contributed by atoms with Crippen LogP contribution in [0.4, 0.5) is 0 Å². The maximum Gasteiger partial charge on any atom is 0.326 e. The van der Waals surface area contributed by atoms with Crippen molar-refractivity contribution in [1.82, 2.24) is 28.9 Å². The smallest absolute Gasteiger partial charge is 0.326 e. The van der Waals surface area contributed by atoms with Gasteiger partial charge in [0.25, 0.3) is 0 Å². The quantitative estimate of drug-likeness (QED) is 0.200. The van der Waals surface area contributed by atoms with Crippen LogP contribution in [0.25, 0.3) is 22.1 Å². The van der Waals surface area contributed by atoms with Gasteiger partial charge in [0, 0.05) is 63.6 Å². The van der Waals surface area contributed by atoms with E-state index in [0.717, 1.165) is 87.1 Å². The molecule has 2 aromatic carbocycles. The maximum absolute atomic E-state index is 12.5. The second-order valence-electron chi connectivity index (χ2n) is 15.9. The van der Waals surface area contributed by atoms with Crippen molar-refractivity contribution in [3.63, 3.8) is 0 Å². The summed E-state index contributed by atoms with van der Waals surface area (Å²) in [7, 11) is 0. The number of aryl methyl sites for hydroxylation is 2. The molecule has 2 aromatic heterocycles. The third-order valence-electron chi connectivity index (χ3n) is 12.6. The summed E-state index contributed by atoms with van der Waals surface area (Å²) in [5, 5.41) is 0. The van der Waals surface area contributed by atoms with Gasteiger partial charge >= 0.3 is 11.4 Å². The Kier molecular flexibility index (Phi) is 12.1. The number of piperidine rings is 2. The van der Waals surface area contributed by atoms with Crippen LogP contribution in [0.2, 0.25) is 0 Å². The Morgan fingerprint density at radius 1 is 0.538 bits per heavy atom. The summed E-state index contributed by atoms with van der Waals surface area (Å²) < 4.78 is 15.6. The van der Waals surface area contributed by atoms with Crippen molar-refractivity contribution in [3.05, 3.63) is 68.5 Å². The van der Waals surface area contributed by atoms with Gasteiger partial charge in [-0.25, -0.2) is 9.59 Å². The number of H-pyrrole nitrogens is 2. The van der Waals surface area contributed by atoms with Crippen LogP contribution < -0.4 is 11.4 Å². The van der Waals surface area contributed by atoms with Crippen molar-refractivity contribution >= 4 is 22.1 Å². The molecule has 4 aromatic rings. The van der Waals surface area contributed by atoms with E-state index in [2.05, 4.69) is 71.7 Å². The summed E-state index contributed by atoms with van der Waals surface area (Å²) in [4.78, 5) is 36.4. The molecule has 10 heteroatoms. The zero-order valence-electron chi connectivity index (χ0n) is 32.1. The van der Waals surface area contributed by atoms with E-state index in [1.165, 1.54) is 62.5 Å². The molecule has 2 N–H and O–H groups in total. The molecule has 8 rings (SSSR count). The lowest BCUT2D eigenvalue weighted by molar-refractivity contribution is 0.00790. The molecule has 2 aliphatic carbocycles. The molecule has 0 unspecified atom stereocenters. The normalized spacial score (nSPS) is 25.8. The number of imidazole rings is 2. The van der Waals surface area contributed by atoms with Crippen LogP contribution in [0.3, 0.4) is 0 Å². The lowest BCUT2D eigenvalue weighted by atomic mass is 9.90. The molecule has 284 valence electrons. The van der Waals surface area contributed by atoms with Crippen molar-refractivity contribution in [2.75, 3.05) is 39.4 Å². The molecular weight excluding hydrogens is 652 g/mol. The number of nitrogens with zero attached hydrogens (tertiary/aromatic N) is 4. The number of hydrogen-bond donors (Lipinski definition) is 2. The van der Waals surface area contributed by atoms with Gasteiger partial charge in [-0.1, -0.05) is 12.1 Å². The number of aromatic nitrogens is 4. The maximum atomic E-state index is 12.5. The third-order valence-corrected chi connectivity index (χ3v) is 12.6. The minimum absolute atomic E-state index is 0.0428. The molecule has 0 bridgehead atoms. The highest BCUT2D eigenvalue weighted by molar-refractivity contribution is 5.77. The molecule has 4 heterocycles. The fraction of sp³-hybridized carbons (Fsp3) is 0.667. The lowest BCUT2D eigenvalue weighted by Gasteiger charge is -2.40. The molecule has 4 fully saturated rings. The number of ether oxygens (including phenoxy) is 2. The number of benzene rings is 2. The van der Waals surface area contributed by atoms with E-state index >= 15 is 0 Å². The fourth-order valence-electron chi connectivity index (χ4n) is 9.83. The Morgan fingerprint density at radius 3 is 1.25 bits per heavy atom. The Labute approximate surface area is 308 Å². The van der Waals surface area contributed by atoms with Crippen LogP contribution >= 0.6 is 0 Å². The van der Waals surface area contributed by atoms with Gasteiger partial charge in [0.1, 0.15) is 0 Å². The van der Waals surface area contributed by atoms with Crippen molar-refractivity contribution < 1.29 is 9.47 Å². The Balaban J connectivity index is 0.000000162. The first kappa shape index (κ1) is 37.1. The lowest BCUT2D eigenvalue weighted by Crippen LogP contribution is -2.45. The predicted molar refractivity (Wildman–Crippen MR) is 210 cm³/mol. The van der Waals surface area contributed by atoms with Gasteiger partial charge in [-0.05, 0) is 140 Å². The van der Waals surface area contributed by atoms with Crippen molar-refractivity contribution in [2.45, 2.75) is 141 Å². The zero-order valence-corrected chi connectivity index (χ0v) is 32.1. The standard InChI is InChI=1S/2C21H31N3O2/c2*1-3-26-18-7-5-16(6-8-18)23-12-10-17(11-13-23)24-20-14-15(2)4-9-19(20)22-21(24)25/h2*4,9,14,16-18H,3,5-8,10-13H2,1-2H3,(H,22,25). The topological polar surface area (TPSA) is 101 Å². The predicted octanol–water partition coefficient (Wildman–Crippen LogP) is 7.25. The second-order valence-corrected chi connectivity index (χ2v) is 15.9. The highest BCUT2D eigenvalue weighted by Crippen LogP contribution is 2.33. The minimum atomic E-state index is 0.0428. The van der Waals surface area contributed by atoms with Crippen LogP contribution in [-0.4, -0.2) is 92.6 Å². The van der Waals surface area contributed by atoms with Gasteiger partial charge in [0.05, 0.1) is 34.3 Å². The molecule has 0 spiro atoms.